The van der Waals surface area contributed by atoms with E-state index in [2.05, 4.69) is 15.2 Å². The van der Waals surface area contributed by atoms with Crippen molar-refractivity contribution in [3.63, 3.8) is 0 Å². The van der Waals surface area contributed by atoms with Gasteiger partial charge in [0.05, 0.1) is 12.8 Å². The zero-order valence-corrected chi connectivity index (χ0v) is 19.5. The Kier molecular flexibility index (Phi) is 7.21. The van der Waals surface area contributed by atoms with E-state index in [1.165, 1.54) is 5.41 Å². The molecule has 0 saturated carbocycles. The van der Waals surface area contributed by atoms with Gasteiger partial charge in [-0.05, 0) is 35.9 Å². The largest absolute Gasteiger partial charge is 0.497 e. The van der Waals surface area contributed by atoms with E-state index in [1.807, 2.05) is 60.0 Å². The Balaban J connectivity index is 1.28. The van der Waals surface area contributed by atoms with Crippen molar-refractivity contribution in [3.8, 4) is 5.75 Å². The number of thiazole rings is 1. The van der Waals surface area contributed by atoms with Gasteiger partial charge in [0.15, 0.2) is 5.13 Å². The summed E-state index contributed by atoms with van der Waals surface area (Å²) in [6, 6.07) is 17.2. The minimum absolute atomic E-state index is 0.475. The highest BCUT2D eigenvalue weighted by Gasteiger charge is 2.25. The number of piperazine rings is 1. The van der Waals surface area contributed by atoms with Gasteiger partial charge in [-0.25, -0.2) is 13.4 Å². The number of ether oxygens (including phenoxy) is 1. The zero-order chi connectivity index (χ0) is 22.4. The Morgan fingerprint density at radius 2 is 1.78 bits per heavy atom. The van der Waals surface area contributed by atoms with Crippen LogP contribution in [0.25, 0.3) is 6.08 Å². The van der Waals surface area contributed by atoms with Crippen LogP contribution in [0.1, 0.15) is 11.3 Å². The second-order valence-corrected chi connectivity index (χ2v) is 10.1. The fraction of sp³-hybridized carbons (Fsp3) is 0.261. The molecule has 4 rings (SSSR count). The van der Waals surface area contributed by atoms with E-state index in [0.29, 0.717) is 32.7 Å². The number of nitrogens with zero attached hydrogens (tertiary/aromatic N) is 3. The lowest BCUT2D eigenvalue weighted by molar-refractivity contribution is 0.181. The van der Waals surface area contributed by atoms with Gasteiger partial charge in [0.1, 0.15) is 5.75 Å². The first-order valence-electron chi connectivity index (χ1n) is 10.3. The van der Waals surface area contributed by atoms with E-state index < -0.39 is 10.0 Å². The summed E-state index contributed by atoms with van der Waals surface area (Å²) in [6.45, 7) is 3.01. The molecule has 1 aliphatic heterocycles. The van der Waals surface area contributed by atoms with Gasteiger partial charge in [0, 0.05) is 49.2 Å². The lowest BCUT2D eigenvalue weighted by atomic mass is 10.2. The van der Waals surface area contributed by atoms with E-state index in [0.717, 1.165) is 27.8 Å². The molecule has 32 heavy (non-hydrogen) atoms. The Morgan fingerprint density at radius 3 is 2.47 bits per heavy atom. The van der Waals surface area contributed by atoms with Crippen LogP contribution < -0.4 is 10.1 Å². The number of rotatable bonds is 8. The van der Waals surface area contributed by atoms with Gasteiger partial charge in [-0.3, -0.25) is 4.90 Å². The predicted molar refractivity (Wildman–Crippen MR) is 130 cm³/mol. The SMILES string of the molecule is COc1ccc(Nc2nc(CN3CCN(S(=O)(=O)C=Cc4ccccc4)CC3)cs2)cc1. The molecule has 0 radical (unpaired) electrons. The van der Waals surface area contributed by atoms with Crippen molar-refractivity contribution in [2.45, 2.75) is 6.54 Å². The van der Waals surface area contributed by atoms with Crippen LogP contribution in [0.3, 0.4) is 0 Å². The molecule has 1 fully saturated rings. The fourth-order valence-electron chi connectivity index (χ4n) is 3.42. The first-order chi connectivity index (χ1) is 15.5. The Bertz CT molecular complexity index is 1140. The Morgan fingerprint density at radius 1 is 1.06 bits per heavy atom. The molecule has 0 unspecified atom stereocenters. The van der Waals surface area contributed by atoms with E-state index in [4.69, 9.17) is 4.74 Å². The lowest BCUT2D eigenvalue weighted by Gasteiger charge is -2.32. The molecule has 2 aromatic carbocycles. The Labute approximate surface area is 193 Å². The number of hydrogen-bond acceptors (Lipinski definition) is 7. The molecule has 1 N–H and O–H groups in total. The second-order valence-electron chi connectivity index (χ2n) is 7.43. The minimum atomic E-state index is -3.42. The smallest absolute Gasteiger partial charge is 0.236 e. The van der Waals surface area contributed by atoms with Crippen LogP contribution >= 0.6 is 11.3 Å². The summed E-state index contributed by atoms with van der Waals surface area (Å²) in [4.78, 5) is 6.90. The molecule has 0 aliphatic carbocycles. The summed E-state index contributed by atoms with van der Waals surface area (Å²) in [6.07, 6.45) is 1.65. The maximum Gasteiger partial charge on any atom is 0.236 e. The molecule has 168 valence electrons. The molecular weight excluding hydrogens is 444 g/mol. The third-order valence-electron chi connectivity index (χ3n) is 5.20. The predicted octanol–water partition coefficient (Wildman–Crippen LogP) is 4.01. The summed E-state index contributed by atoms with van der Waals surface area (Å²) in [7, 11) is -1.77. The molecule has 1 saturated heterocycles. The number of sulfonamides is 1. The van der Waals surface area contributed by atoms with Gasteiger partial charge in [0.2, 0.25) is 10.0 Å². The molecule has 0 bridgehead atoms. The fourth-order valence-corrected chi connectivity index (χ4v) is 5.32. The van der Waals surface area contributed by atoms with Crippen molar-refractivity contribution < 1.29 is 13.2 Å². The van der Waals surface area contributed by atoms with Gasteiger partial charge < -0.3 is 10.1 Å². The number of nitrogens with one attached hydrogen (secondary N) is 1. The van der Waals surface area contributed by atoms with Gasteiger partial charge in [0.25, 0.3) is 0 Å². The Hall–Kier alpha value is -2.72. The quantitative estimate of drug-likeness (QED) is 0.536. The first kappa shape index (κ1) is 22.5. The molecule has 1 aromatic heterocycles. The first-order valence-corrected chi connectivity index (χ1v) is 12.7. The lowest BCUT2D eigenvalue weighted by Crippen LogP contribution is -2.47. The summed E-state index contributed by atoms with van der Waals surface area (Å²) < 4.78 is 32.0. The van der Waals surface area contributed by atoms with Crippen molar-refractivity contribution >= 4 is 38.3 Å². The minimum Gasteiger partial charge on any atom is -0.497 e. The molecule has 9 heteroatoms. The molecule has 3 aromatic rings. The average molecular weight is 471 g/mol. The number of aromatic nitrogens is 1. The van der Waals surface area contributed by atoms with Crippen molar-refractivity contribution in [2.24, 2.45) is 0 Å². The maximum absolute atomic E-state index is 12.6. The summed E-state index contributed by atoms with van der Waals surface area (Å²) >= 11 is 1.56. The number of hydrogen-bond donors (Lipinski definition) is 1. The highest BCUT2D eigenvalue weighted by molar-refractivity contribution is 7.92. The van der Waals surface area contributed by atoms with Crippen LogP contribution in [0.15, 0.2) is 65.4 Å². The second kappa shape index (κ2) is 10.3. The van der Waals surface area contributed by atoms with Crippen LogP contribution in [0, 0.1) is 0 Å². The van der Waals surface area contributed by atoms with Gasteiger partial charge in [-0.2, -0.15) is 4.31 Å². The topological polar surface area (TPSA) is 74.8 Å². The molecule has 0 amide bonds. The summed E-state index contributed by atoms with van der Waals surface area (Å²) in [5, 5.41) is 7.48. The van der Waals surface area contributed by atoms with Crippen molar-refractivity contribution in [3.05, 3.63) is 76.6 Å². The molecule has 1 aliphatic rings. The normalized spacial score (nSPS) is 15.8. The molecule has 0 spiro atoms. The zero-order valence-electron chi connectivity index (χ0n) is 17.8. The van der Waals surface area contributed by atoms with E-state index >= 15 is 0 Å². The highest BCUT2D eigenvalue weighted by Crippen LogP contribution is 2.24. The average Bonchev–Trinajstić information content (AvgIpc) is 3.26. The van der Waals surface area contributed by atoms with Crippen LogP contribution in [-0.2, 0) is 16.6 Å². The number of anilines is 2. The van der Waals surface area contributed by atoms with Gasteiger partial charge >= 0.3 is 0 Å². The van der Waals surface area contributed by atoms with Gasteiger partial charge in [-0.1, -0.05) is 30.3 Å². The molecule has 7 nitrogen and oxygen atoms in total. The number of methoxy groups -OCH3 is 1. The third kappa shape index (κ3) is 5.95. The van der Waals surface area contributed by atoms with Crippen LogP contribution in [-0.4, -0.2) is 55.9 Å². The van der Waals surface area contributed by atoms with Crippen LogP contribution in [0.5, 0.6) is 5.75 Å². The maximum atomic E-state index is 12.6. The van der Waals surface area contributed by atoms with Crippen LogP contribution in [0.2, 0.25) is 0 Å². The molecular formula is C23H26N4O3S2. The van der Waals surface area contributed by atoms with E-state index in [9.17, 15) is 8.42 Å². The van der Waals surface area contributed by atoms with Crippen molar-refractivity contribution in [2.75, 3.05) is 38.6 Å². The van der Waals surface area contributed by atoms with E-state index in [1.54, 1.807) is 28.8 Å². The molecule has 2 heterocycles. The summed E-state index contributed by atoms with van der Waals surface area (Å²) in [5.74, 6) is 0.812. The standard InChI is InChI=1S/C23H26N4O3S2/c1-30-22-9-7-20(8-10-22)24-23-25-21(18-31-23)17-26-12-14-27(15-13-26)32(28,29)16-11-19-5-3-2-4-6-19/h2-11,16,18H,12-15,17H2,1H3,(H,24,25). The van der Waals surface area contributed by atoms with Gasteiger partial charge in [-0.15, -0.1) is 11.3 Å². The molecule has 0 atom stereocenters. The van der Waals surface area contributed by atoms with E-state index in [-0.39, 0.29) is 0 Å². The monoisotopic (exact) mass is 470 g/mol. The van der Waals surface area contributed by atoms with Crippen molar-refractivity contribution in [1.29, 1.82) is 0 Å². The van der Waals surface area contributed by atoms with Crippen molar-refractivity contribution in [1.82, 2.24) is 14.2 Å². The number of benzene rings is 2. The summed E-state index contributed by atoms with van der Waals surface area (Å²) in [5.41, 5.74) is 2.80. The third-order valence-corrected chi connectivity index (χ3v) is 7.57. The van der Waals surface area contributed by atoms with Crippen LogP contribution in [0.4, 0.5) is 10.8 Å². The highest BCUT2D eigenvalue weighted by atomic mass is 32.2.